The van der Waals surface area contributed by atoms with Gasteiger partial charge in [-0.3, -0.25) is 0 Å². The van der Waals surface area contributed by atoms with Gasteiger partial charge in [0.05, 0.1) is 5.43 Å². The second kappa shape index (κ2) is 9.44. The number of rotatable bonds is 1. The first-order valence-electron chi connectivity index (χ1n) is 4.76. The minimum atomic E-state index is -0.178. The number of aryl methyl sites for hydroxylation is 1. The molecule has 2 heterocycles. The van der Waals surface area contributed by atoms with Gasteiger partial charge < -0.3 is 31.7 Å². The van der Waals surface area contributed by atoms with Crippen molar-refractivity contribution < 1.29 is 39.0 Å². The van der Waals surface area contributed by atoms with Crippen LogP contribution < -0.4 is 10.5 Å². The SMILES string of the molecule is CC.Cc1[c-]c(-c2[c-]c(=O)cc[nH]2)[n-]n1.[Rh+2].[Rh]. The molecule has 0 spiro atoms. The van der Waals surface area contributed by atoms with Crippen molar-refractivity contribution in [1.29, 1.82) is 0 Å². The number of hydrogen-bond donors (Lipinski definition) is 1. The number of aromatic nitrogens is 3. The number of nitrogens with one attached hydrogen (secondary N) is 1. The zero-order chi connectivity index (χ0) is 11.3. The predicted octanol–water partition coefficient (Wildman–Crippen LogP) is 1.32. The van der Waals surface area contributed by atoms with Gasteiger partial charge in [0, 0.05) is 19.5 Å². The molecule has 0 aliphatic carbocycles. The summed E-state index contributed by atoms with van der Waals surface area (Å²) in [7, 11) is 0. The molecule has 4 nitrogen and oxygen atoms in total. The standard InChI is InChI=1S/C9H7N3O.C2H6.2Rh/c1-6-4-9(12-11-6)8-5-7(13)2-3-10-8;1-2;;/h2-3H,1H3,(H2,10,11,12,13);1-2H3;;/q-2;;;+2/p-1. The summed E-state index contributed by atoms with van der Waals surface area (Å²) in [5.41, 5.74) is 1.57. The fourth-order valence-corrected chi connectivity index (χ4v) is 0.988. The summed E-state index contributed by atoms with van der Waals surface area (Å²) in [6, 6.07) is 6.88. The Hall–Kier alpha value is -0.593. The average molecular weight is 408 g/mol. The van der Waals surface area contributed by atoms with Crippen molar-refractivity contribution >= 4 is 0 Å². The van der Waals surface area contributed by atoms with Crippen LogP contribution in [0.3, 0.4) is 0 Å². The Balaban J connectivity index is 0. The molecule has 0 atom stereocenters. The number of aromatic amines is 1. The largest absolute Gasteiger partial charge is 2.00 e. The van der Waals surface area contributed by atoms with Crippen LogP contribution in [0.15, 0.2) is 17.1 Å². The fourth-order valence-electron chi connectivity index (χ4n) is 0.988. The Bertz CT molecular complexity index is 479. The molecule has 1 N–H and O–H groups in total. The summed E-state index contributed by atoms with van der Waals surface area (Å²) < 4.78 is 0. The van der Waals surface area contributed by atoms with Crippen LogP contribution in [0.25, 0.3) is 11.4 Å². The number of nitrogens with zero attached hydrogens (tertiary/aromatic N) is 2. The second-order valence-electron chi connectivity index (χ2n) is 2.60. The van der Waals surface area contributed by atoms with Gasteiger partial charge in [-0.15, -0.1) is 0 Å². The quantitative estimate of drug-likeness (QED) is 0.573. The molecule has 0 bridgehead atoms. The summed E-state index contributed by atoms with van der Waals surface area (Å²) in [5.74, 6) is 0. The molecular weight excluding hydrogens is 396 g/mol. The van der Waals surface area contributed by atoms with E-state index in [4.69, 9.17) is 0 Å². The molecule has 0 aliphatic rings. The summed E-state index contributed by atoms with van der Waals surface area (Å²) >= 11 is 0. The van der Waals surface area contributed by atoms with E-state index in [-0.39, 0.29) is 44.4 Å². The van der Waals surface area contributed by atoms with Gasteiger partial charge in [-0.2, -0.15) is 0 Å². The number of hydrogen-bond acceptors (Lipinski definition) is 2. The fraction of sp³-hybridized carbons (Fsp3) is 0.273. The van der Waals surface area contributed by atoms with Crippen molar-refractivity contribution in [2.24, 2.45) is 0 Å². The van der Waals surface area contributed by atoms with Crippen LogP contribution in [-0.4, -0.2) is 10.1 Å². The van der Waals surface area contributed by atoms with Gasteiger partial charge in [0.2, 0.25) is 0 Å². The van der Waals surface area contributed by atoms with E-state index in [1.807, 2.05) is 13.8 Å². The van der Waals surface area contributed by atoms with E-state index in [0.717, 1.165) is 0 Å². The molecule has 2 aromatic heterocycles. The number of H-pyrrole nitrogens is 1. The van der Waals surface area contributed by atoms with Crippen molar-refractivity contribution in [3.63, 3.8) is 0 Å². The van der Waals surface area contributed by atoms with E-state index in [1.54, 1.807) is 13.1 Å². The molecule has 0 amide bonds. The minimum absolute atomic E-state index is 0. The summed E-state index contributed by atoms with van der Waals surface area (Å²) in [6.45, 7) is 5.79. The second-order valence-corrected chi connectivity index (χ2v) is 2.60. The summed E-state index contributed by atoms with van der Waals surface area (Å²) in [4.78, 5) is 13.8. The van der Waals surface area contributed by atoms with Crippen molar-refractivity contribution in [2.45, 2.75) is 20.8 Å². The maximum atomic E-state index is 10.9. The first kappa shape index (κ1) is 18.8. The molecule has 0 saturated heterocycles. The Morgan fingerprint density at radius 2 is 2.00 bits per heavy atom. The molecule has 0 unspecified atom stereocenters. The molecule has 6 heteroatoms. The summed E-state index contributed by atoms with van der Waals surface area (Å²) in [5, 5.41) is 7.60. The number of pyridine rings is 1. The van der Waals surface area contributed by atoms with E-state index in [2.05, 4.69) is 27.3 Å². The topological polar surface area (TPSA) is 59.9 Å². The van der Waals surface area contributed by atoms with Crippen molar-refractivity contribution in [3.05, 3.63) is 40.3 Å². The van der Waals surface area contributed by atoms with Crippen LogP contribution >= 0.6 is 0 Å². The van der Waals surface area contributed by atoms with E-state index >= 15 is 0 Å². The Morgan fingerprint density at radius 3 is 2.47 bits per heavy atom. The normalized spacial score (nSPS) is 8.18. The average Bonchev–Trinajstić information content (AvgIpc) is 2.68. The van der Waals surface area contributed by atoms with E-state index in [9.17, 15) is 4.79 Å². The first-order valence-corrected chi connectivity index (χ1v) is 4.76. The molecule has 96 valence electrons. The first-order chi connectivity index (χ1) is 7.25. The molecule has 0 saturated carbocycles. The van der Waals surface area contributed by atoms with Gasteiger partial charge in [0.1, 0.15) is 0 Å². The van der Waals surface area contributed by atoms with Gasteiger partial charge in [0.25, 0.3) is 0 Å². The van der Waals surface area contributed by atoms with Gasteiger partial charge >= 0.3 is 19.5 Å². The Labute approximate surface area is 126 Å². The van der Waals surface area contributed by atoms with Crippen LogP contribution in [-0.2, 0) is 39.0 Å². The molecule has 17 heavy (non-hydrogen) atoms. The van der Waals surface area contributed by atoms with Crippen LogP contribution in [0.1, 0.15) is 19.5 Å². The molecule has 0 fully saturated rings. The van der Waals surface area contributed by atoms with Crippen LogP contribution in [0.5, 0.6) is 0 Å². The van der Waals surface area contributed by atoms with Crippen LogP contribution in [0.2, 0.25) is 0 Å². The summed E-state index contributed by atoms with van der Waals surface area (Å²) in [6.07, 6.45) is 1.55. The van der Waals surface area contributed by atoms with Crippen molar-refractivity contribution in [2.75, 3.05) is 0 Å². The van der Waals surface area contributed by atoms with E-state index in [1.165, 1.54) is 6.07 Å². The third-order valence-electron chi connectivity index (χ3n) is 1.55. The van der Waals surface area contributed by atoms with Gasteiger partial charge in [-0.05, 0) is 6.92 Å². The van der Waals surface area contributed by atoms with Crippen LogP contribution in [0, 0.1) is 19.1 Å². The predicted molar refractivity (Wildman–Crippen MR) is 57.4 cm³/mol. The van der Waals surface area contributed by atoms with Gasteiger partial charge in [0.15, 0.2) is 0 Å². The molecule has 0 aromatic carbocycles. The zero-order valence-electron chi connectivity index (χ0n) is 9.62. The maximum Gasteiger partial charge on any atom is 2.00 e. The van der Waals surface area contributed by atoms with Crippen molar-refractivity contribution in [1.82, 2.24) is 15.2 Å². The smallest absolute Gasteiger partial charge is 0.665 e. The Kier molecular flexibility index (Phi) is 10.4. The van der Waals surface area contributed by atoms with Gasteiger partial charge in [-0.1, -0.05) is 31.8 Å². The molecule has 2 aromatic rings. The van der Waals surface area contributed by atoms with Crippen molar-refractivity contribution in [3.8, 4) is 11.4 Å². The third kappa shape index (κ3) is 5.52. The monoisotopic (exact) mass is 408 g/mol. The van der Waals surface area contributed by atoms with Crippen LogP contribution in [0.4, 0.5) is 0 Å². The third-order valence-corrected chi connectivity index (χ3v) is 1.55. The molecule has 2 radical (unpaired) electrons. The van der Waals surface area contributed by atoms with E-state index in [0.29, 0.717) is 17.1 Å². The molecule has 0 aliphatic heterocycles. The molecule has 2 rings (SSSR count). The minimum Gasteiger partial charge on any atom is -0.665 e. The van der Waals surface area contributed by atoms with E-state index < -0.39 is 0 Å². The Morgan fingerprint density at radius 1 is 1.35 bits per heavy atom. The maximum absolute atomic E-state index is 10.9. The molecular formula is C11H12N3ORh2-. The van der Waals surface area contributed by atoms with Gasteiger partial charge in [-0.25, -0.2) is 11.8 Å². The zero-order valence-corrected chi connectivity index (χ0v) is 12.9.